The second-order valence-corrected chi connectivity index (χ2v) is 18.9. The first-order chi connectivity index (χ1) is 10.7. The Labute approximate surface area is 150 Å². The molecule has 0 aliphatic rings. The van der Waals surface area contributed by atoms with Gasteiger partial charge in [0.25, 0.3) is 8.32 Å². The molecule has 0 aliphatic heterocycles. The van der Waals surface area contributed by atoms with Crippen LogP contribution in [0.25, 0.3) is 0 Å². The van der Waals surface area contributed by atoms with Crippen LogP contribution in [-0.4, -0.2) is 22.8 Å². The average Bonchev–Trinajstić information content (AvgIpc) is 2.35. The van der Waals surface area contributed by atoms with E-state index < -0.39 is 16.6 Å². The van der Waals surface area contributed by atoms with Gasteiger partial charge in [-0.15, -0.1) is 5.16 Å². The molecule has 0 N–H and O–H groups in total. The Morgan fingerprint density at radius 3 is 1.92 bits per heavy atom. The molecule has 0 radical (unpaired) electrons. The van der Waals surface area contributed by atoms with Gasteiger partial charge >= 0.3 is 0 Å². The molecular weight excluding hydrogens is 330 g/mol. The summed E-state index contributed by atoms with van der Waals surface area (Å²) in [6.07, 6.45) is 1.79. The molecule has 0 aromatic heterocycles. The third-order valence-electron chi connectivity index (χ3n) is 5.33. The number of benzene rings is 1. The van der Waals surface area contributed by atoms with Crippen molar-refractivity contribution in [3.63, 3.8) is 0 Å². The van der Waals surface area contributed by atoms with Crippen LogP contribution in [0.2, 0.25) is 36.3 Å². The fraction of sp³-hybridized carbons (Fsp3) is 0.632. The summed E-state index contributed by atoms with van der Waals surface area (Å²) in [5, 5.41) is 4.59. The fourth-order valence-electron chi connectivity index (χ4n) is 1.46. The first-order valence-electron chi connectivity index (χ1n) is 8.66. The van der Waals surface area contributed by atoms with Crippen molar-refractivity contribution in [1.29, 1.82) is 0 Å². The number of oxime groups is 1. The van der Waals surface area contributed by atoms with Crippen molar-refractivity contribution in [2.75, 3.05) is 0 Å². The summed E-state index contributed by atoms with van der Waals surface area (Å²) in [4.78, 5) is 0. The highest BCUT2D eigenvalue weighted by Crippen LogP contribution is 2.38. The average molecular weight is 366 g/mol. The third kappa shape index (κ3) is 5.48. The van der Waals surface area contributed by atoms with Crippen LogP contribution in [0, 0.1) is 0 Å². The summed E-state index contributed by atoms with van der Waals surface area (Å²) in [7, 11) is -3.68. The lowest BCUT2D eigenvalue weighted by atomic mass is 10.2. The van der Waals surface area contributed by atoms with E-state index in [0.29, 0.717) is 0 Å². The van der Waals surface area contributed by atoms with Crippen LogP contribution in [0.5, 0.6) is 5.75 Å². The van der Waals surface area contributed by atoms with E-state index in [4.69, 9.17) is 8.95 Å². The van der Waals surface area contributed by atoms with Crippen molar-refractivity contribution in [3.8, 4) is 5.75 Å². The number of hydrogen-bond acceptors (Lipinski definition) is 3. The van der Waals surface area contributed by atoms with Gasteiger partial charge in [-0.3, -0.25) is 0 Å². The smallest absolute Gasteiger partial charge is 0.286 e. The monoisotopic (exact) mass is 365 g/mol. The molecule has 0 unspecified atom stereocenters. The van der Waals surface area contributed by atoms with Crippen LogP contribution >= 0.6 is 0 Å². The Bertz CT molecular complexity index is 582. The highest BCUT2D eigenvalue weighted by molar-refractivity contribution is 6.75. The van der Waals surface area contributed by atoms with E-state index in [9.17, 15) is 0 Å². The summed E-state index contributed by atoms with van der Waals surface area (Å²) < 4.78 is 12.2. The maximum absolute atomic E-state index is 6.35. The van der Waals surface area contributed by atoms with Crippen molar-refractivity contribution < 1.29 is 8.95 Å². The molecule has 0 amide bonds. The molecule has 0 bridgehead atoms. The topological polar surface area (TPSA) is 30.8 Å². The predicted molar refractivity (Wildman–Crippen MR) is 110 cm³/mol. The van der Waals surface area contributed by atoms with Gasteiger partial charge in [-0.1, -0.05) is 53.7 Å². The third-order valence-corrected chi connectivity index (χ3v) is 13.9. The van der Waals surface area contributed by atoms with Gasteiger partial charge in [0.05, 0.1) is 6.21 Å². The molecule has 1 aromatic carbocycles. The molecule has 0 spiro atoms. The van der Waals surface area contributed by atoms with Gasteiger partial charge in [-0.25, -0.2) is 0 Å². The number of hydrogen-bond donors (Lipinski definition) is 0. The Morgan fingerprint density at radius 2 is 1.42 bits per heavy atom. The second-order valence-electron chi connectivity index (χ2n) is 9.52. The standard InChI is InChI=1S/C19H35NO2Si2/c1-18(2,3)23(7,8)21-17-13-11-12-16(14-17)15-20-22-24(9,10)19(4,5)6/h11-15H,1-10H3. The first-order valence-corrected chi connectivity index (χ1v) is 14.5. The normalized spacial score (nSPS) is 14.1. The van der Waals surface area contributed by atoms with E-state index in [1.807, 2.05) is 24.3 Å². The van der Waals surface area contributed by atoms with Crippen molar-refractivity contribution >= 4 is 22.8 Å². The minimum absolute atomic E-state index is 0.150. The lowest BCUT2D eigenvalue weighted by molar-refractivity contribution is 0.310. The Morgan fingerprint density at radius 1 is 0.875 bits per heavy atom. The van der Waals surface area contributed by atoms with Crippen molar-refractivity contribution in [2.24, 2.45) is 5.16 Å². The summed E-state index contributed by atoms with van der Waals surface area (Å²) in [5.74, 6) is 0.915. The van der Waals surface area contributed by atoms with E-state index in [0.717, 1.165) is 11.3 Å². The molecule has 136 valence electrons. The first kappa shape index (κ1) is 21.0. The van der Waals surface area contributed by atoms with Gasteiger partial charge in [0, 0.05) is 0 Å². The van der Waals surface area contributed by atoms with E-state index in [-0.39, 0.29) is 10.1 Å². The van der Waals surface area contributed by atoms with Crippen LogP contribution in [0.15, 0.2) is 29.4 Å². The SMILES string of the molecule is CC(C)(C)[Si](C)(C)ON=Cc1cccc(O[Si](C)(C)C(C)(C)C)c1. The van der Waals surface area contributed by atoms with Crippen LogP contribution in [0.3, 0.4) is 0 Å². The van der Waals surface area contributed by atoms with Crippen LogP contribution in [-0.2, 0) is 4.53 Å². The van der Waals surface area contributed by atoms with Gasteiger partial charge in [-0.2, -0.15) is 0 Å². The summed E-state index contributed by atoms with van der Waals surface area (Å²) in [6, 6.07) is 8.10. The number of nitrogens with zero attached hydrogens (tertiary/aromatic N) is 1. The van der Waals surface area contributed by atoms with Gasteiger partial charge in [0.1, 0.15) is 5.75 Å². The lowest BCUT2D eigenvalue weighted by Crippen LogP contribution is -2.43. The molecule has 0 aliphatic carbocycles. The second kappa shape index (κ2) is 7.04. The zero-order valence-corrected chi connectivity index (χ0v) is 19.2. The summed E-state index contributed by atoms with van der Waals surface area (Å²) in [6.45, 7) is 22.3. The highest BCUT2D eigenvalue weighted by atomic mass is 28.4. The number of rotatable bonds is 5. The van der Waals surface area contributed by atoms with Gasteiger partial charge in [-0.05, 0) is 54.0 Å². The molecule has 24 heavy (non-hydrogen) atoms. The van der Waals surface area contributed by atoms with E-state index >= 15 is 0 Å². The minimum Gasteiger partial charge on any atom is -0.543 e. The Hall–Kier alpha value is -1.08. The molecule has 3 nitrogen and oxygen atoms in total. The fourth-order valence-corrected chi connectivity index (χ4v) is 3.07. The van der Waals surface area contributed by atoms with E-state index in [2.05, 4.69) is 72.9 Å². The zero-order chi connectivity index (χ0) is 18.8. The van der Waals surface area contributed by atoms with Gasteiger partial charge < -0.3 is 8.95 Å². The van der Waals surface area contributed by atoms with Crippen molar-refractivity contribution in [1.82, 2.24) is 0 Å². The van der Waals surface area contributed by atoms with Gasteiger partial charge in [0.2, 0.25) is 8.32 Å². The zero-order valence-electron chi connectivity index (χ0n) is 17.2. The molecule has 0 atom stereocenters. The molecule has 0 heterocycles. The maximum atomic E-state index is 6.35. The molecule has 1 aromatic rings. The van der Waals surface area contributed by atoms with E-state index in [1.165, 1.54) is 0 Å². The van der Waals surface area contributed by atoms with Crippen molar-refractivity contribution in [3.05, 3.63) is 29.8 Å². The molecule has 0 fully saturated rings. The van der Waals surface area contributed by atoms with Gasteiger partial charge in [0.15, 0.2) is 0 Å². The molecular formula is C19H35NO2Si2. The van der Waals surface area contributed by atoms with Crippen molar-refractivity contribution in [2.45, 2.75) is 77.8 Å². The highest BCUT2D eigenvalue weighted by Gasteiger charge is 2.40. The van der Waals surface area contributed by atoms with Crippen LogP contribution in [0.1, 0.15) is 47.1 Å². The lowest BCUT2D eigenvalue weighted by Gasteiger charge is -2.36. The molecule has 1 rings (SSSR count). The Kier molecular flexibility index (Phi) is 6.15. The quantitative estimate of drug-likeness (QED) is 0.342. The molecule has 0 saturated carbocycles. The molecule has 5 heteroatoms. The van der Waals surface area contributed by atoms with Crippen LogP contribution in [0.4, 0.5) is 0 Å². The Balaban J connectivity index is 2.85. The van der Waals surface area contributed by atoms with Crippen LogP contribution < -0.4 is 4.43 Å². The van der Waals surface area contributed by atoms with E-state index in [1.54, 1.807) is 6.21 Å². The molecule has 0 saturated heterocycles. The maximum Gasteiger partial charge on any atom is 0.286 e. The summed E-state index contributed by atoms with van der Waals surface area (Å²) >= 11 is 0. The minimum atomic E-state index is -1.86. The predicted octanol–water partition coefficient (Wildman–Crippen LogP) is 6.43. The summed E-state index contributed by atoms with van der Waals surface area (Å²) in [5.41, 5.74) is 1.00. The largest absolute Gasteiger partial charge is 0.543 e.